The van der Waals surface area contributed by atoms with Gasteiger partial charge in [-0.05, 0) is 13.8 Å². The summed E-state index contributed by atoms with van der Waals surface area (Å²) >= 11 is 0. The number of anilines is 1. The third-order valence-electron chi connectivity index (χ3n) is 3.19. The smallest absolute Gasteiger partial charge is 0.293 e. The normalized spacial score (nSPS) is 16.2. The van der Waals surface area contributed by atoms with Crippen LogP contribution in [0.25, 0.3) is 0 Å². The summed E-state index contributed by atoms with van der Waals surface area (Å²) in [7, 11) is 0. The molecule has 2 rings (SSSR count). The van der Waals surface area contributed by atoms with E-state index in [9.17, 15) is 4.79 Å². The highest BCUT2D eigenvalue weighted by Crippen LogP contribution is 2.13. The van der Waals surface area contributed by atoms with Gasteiger partial charge in [0.2, 0.25) is 0 Å². The number of hydrogen-bond acceptors (Lipinski definition) is 5. The van der Waals surface area contributed by atoms with E-state index in [0.717, 1.165) is 5.71 Å². The molecule has 6 heteroatoms. The standard InChI is InChI=1S/C12H18N4O2/c1-9(2)16-8-5-13-11(12(16)17)15-6-3-10(14-18)4-7-15/h5,8-9,18H,3-4,6-7H2,1-2H3. The van der Waals surface area contributed by atoms with E-state index < -0.39 is 0 Å². The van der Waals surface area contributed by atoms with Crippen molar-refractivity contribution in [1.82, 2.24) is 9.55 Å². The van der Waals surface area contributed by atoms with Gasteiger partial charge in [0.1, 0.15) is 0 Å². The Bertz CT molecular complexity index is 497. The summed E-state index contributed by atoms with van der Waals surface area (Å²) in [5, 5.41) is 11.9. The molecule has 1 N–H and O–H groups in total. The monoisotopic (exact) mass is 250 g/mol. The Kier molecular flexibility index (Phi) is 3.64. The van der Waals surface area contributed by atoms with Crippen LogP contribution in [0.15, 0.2) is 22.3 Å². The maximum Gasteiger partial charge on any atom is 0.293 e. The van der Waals surface area contributed by atoms with Crippen LogP contribution in [0.3, 0.4) is 0 Å². The van der Waals surface area contributed by atoms with E-state index in [1.807, 2.05) is 18.7 Å². The molecule has 0 amide bonds. The van der Waals surface area contributed by atoms with Crippen molar-refractivity contribution in [2.45, 2.75) is 32.7 Å². The first kappa shape index (κ1) is 12.6. The predicted molar refractivity (Wildman–Crippen MR) is 69.6 cm³/mol. The topological polar surface area (TPSA) is 70.7 Å². The zero-order valence-corrected chi connectivity index (χ0v) is 10.7. The molecule has 0 radical (unpaired) electrons. The van der Waals surface area contributed by atoms with Crippen LogP contribution < -0.4 is 10.5 Å². The summed E-state index contributed by atoms with van der Waals surface area (Å²) in [6, 6.07) is 0.124. The van der Waals surface area contributed by atoms with Crippen LogP contribution in [0.4, 0.5) is 5.82 Å². The van der Waals surface area contributed by atoms with Crippen LogP contribution in [-0.2, 0) is 0 Å². The molecule has 2 heterocycles. The maximum absolute atomic E-state index is 12.2. The van der Waals surface area contributed by atoms with Gasteiger partial charge in [-0.15, -0.1) is 0 Å². The van der Waals surface area contributed by atoms with Gasteiger partial charge in [-0.1, -0.05) is 5.16 Å². The van der Waals surface area contributed by atoms with E-state index in [0.29, 0.717) is 31.7 Å². The molecule has 6 nitrogen and oxygen atoms in total. The Balaban J connectivity index is 2.25. The van der Waals surface area contributed by atoms with Crippen molar-refractivity contribution in [1.29, 1.82) is 0 Å². The summed E-state index contributed by atoms with van der Waals surface area (Å²) in [4.78, 5) is 18.4. The van der Waals surface area contributed by atoms with Crippen LogP contribution in [0.1, 0.15) is 32.7 Å². The fourth-order valence-corrected chi connectivity index (χ4v) is 2.11. The molecule has 0 unspecified atom stereocenters. The molecule has 1 aromatic rings. The van der Waals surface area contributed by atoms with Gasteiger partial charge < -0.3 is 14.7 Å². The van der Waals surface area contributed by atoms with Crippen molar-refractivity contribution < 1.29 is 5.21 Å². The average molecular weight is 250 g/mol. The Morgan fingerprint density at radius 3 is 2.61 bits per heavy atom. The van der Waals surface area contributed by atoms with Crippen molar-refractivity contribution >= 4 is 11.5 Å². The lowest BCUT2D eigenvalue weighted by Crippen LogP contribution is -2.39. The van der Waals surface area contributed by atoms with E-state index in [4.69, 9.17) is 5.21 Å². The van der Waals surface area contributed by atoms with Gasteiger partial charge in [0, 0.05) is 44.4 Å². The van der Waals surface area contributed by atoms with Crippen molar-refractivity contribution in [2.24, 2.45) is 5.16 Å². The van der Waals surface area contributed by atoms with Crippen molar-refractivity contribution in [3.05, 3.63) is 22.7 Å². The number of piperidine rings is 1. The van der Waals surface area contributed by atoms with E-state index in [1.165, 1.54) is 0 Å². The fraction of sp³-hybridized carbons (Fsp3) is 0.583. The molecule has 98 valence electrons. The van der Waals surface area contributed by atoms with E-state index in [1.54, 1.807) is 17.0 Å². The van der Waals surface area contributed by atoms with E-state index in [-0.39, 0.29) is 11.6 Å². The molecule has 1 saturated heterocycles. The molecular weight excluding hydrogens is 232 g/mol. The number of oxime groups is 1. The van der Waals surface area contributed by atoms with Crippen molar-refractivity contribution in [2.75, 3.05) is 18.0 Å². The summed E-state index contributed by atoms with van der Waals surface area (Å²) < 4.78 is 1.68. The van der Waals surface area contributed by atoms with E-state index in [2.05, 4.69) is 10.1 Å². The SMILES string of the molecule is CC(C)n1ccnc(N2CCC(=NO)CC2)c1=O. The Labute approximate surface area is 106 Å². The first-order valence-corrected chi connectivity index (χ1v) is 6.15. The molecule has 0 aliphatic carbocycles. The second kappa shape index (κ2) is 5.20. The Hall–Kier alpha value is -1.85. The summed E-state index contributed by atoms with van der Waals surface area (Å²) in [6.45, 7) is 5.28. The highest BCUT2D eigenvalue weighted by molar-refractivity contribution is 5.85. The molecule has 0 spiro atoms. The van der Waals surface area contributed by atoms with Gasteiger partial charge in [-0.3, -0.25) is 4.79 Å². The minimum Gasteiger partial charge on any atom is -0.411 e. The third-order valence-corrected chi connectivity index (χ3v) is 3.19. The Morgan fingerprint density at radius 1 is 1.39 bits per heavy atom. The lowest BCUT2D eigenvalue weighted by molar-refractivity contribution is 0.315. The lowest BCUT2D eigenvalue weighted by atomic mass is 10.1. The highest BCUT2D eigenvalue weighted by Gasteiger charge is 2.20. The summed E-state index contributed by atoms with van der Waals surface area (Å²) in [6.07, 6.45) is 4.72. The van der Waals surface area contributed by atoms with Crippen molar-refractivity contribution in [3.8, 4) is 0 Å². The minimum absolute atomic E-state index is 0.0584. The third kappa shape index (κ3) is 2.37. The van der Waals surface area contributed by atoms with Gasteiger partial charge in [0.15, 0.2) is 5.82 Å². The molecular formula is C12H18N4O2. The zero-order valence-electron chi connectivity index (χ0n) is 10.7. The number of nitrogens with zero attached hydrogens (tertiary/aromatic N) is 4. The number of rotatable bonds is 2. The number of aromatic nitrogens is 2. The van der Waals surface area contributed by atoms with Crippen LogP contribution in [0, 0.1) is 0 Å². The van der Waals surface area contributed by atoms with Gasteiger partial charge in [0.05, 0.1) is 5.71 Å². The molecule has 1 aliphatic rings. The maximum atomic E-state index is 12.2. The van der Waals surface area contributed by atoms with Gasteiger partial charge in [-0.25, -0.2) is 4.98 Å². The van der Waals surface area contributed by atoms with Crippen LogP contribution in [-0.4, -0.2) is 33.6 Å². The number of hydrogen-bond donors (Lipinski definition) is 1. The lowest BCUT2D eigenvalue weighted by Gasteiger charge is -2.28. The second-order valence-electron chi connectivity index (χ2n) is 4.71. The molecule has 1 aliphatic heterocycles. The summed E-state index contributed by atoms with van der Waals surface area (Å²) in [5.41, 5.74) is 0.725. The second-order valence-corrected chi connectivity index (χ2v) is 4.71. The van der Waals surface area contributed by atoms with Gasteiger partial charge in [0.25, 0.3) is 5.56 Å². The summed E-state index contributed by atoms with van der Waals surface area (Å²) in [5.74, 6) is 0.489. The van der Waals surface area contributed by atoms with Gasteiger partial charge >= 0.3 is 0 Å². The first-order valence-electron chi connectivity index (χ1n) is 6.15. The highest BCUT2D eigenvalue weighted by atomic mass is 16.4. The molecule has 18 heavy (non-hydrogen) atoms. The molecule has 0 aromatic carbocycles. The average Bonchev–Trinajstić information content (AvgIpc) is 2.39. The van der Waals surface area contributed by atoms with Gasteiger partial charge in [-0.2, -0.15) is 0 Å². The van der Waals surface area contributed by atoms with E-state index >= 15 is 0 Å². The molecule has 1 aromatic heterocycles. The Morgan fingerprint density at radius 2 is 2.06 bits per heavy atom. The van der Waals surface area contributed by atoms with Crippen LogP contribution in [0.5, 0.6) is 0 Å². The molecule has 0 atom stereocenters. The largest absolute Gasteiger partial charge is 0.411 e. The van der Waals surface area contributed by atoms with Crippen LogP contribution >= 0.6 is 0 Å². The fourth-order valence-electron chi connectivity index (χ4n) is 2.11. The minimum atomic E-state index is -0.0584. The first-order chi connectivity index (χ1) is 8.63. The molecule has 0 bridgehead atoms. The van der Waals surface area contributed by atoms with Crippen molar-refractivity contribution in [3.63, 3.8) is 0 Å². The van der Waals surface area contributed by atoms with Crippen LogP contribution in [0.2, 0.25) is 0 Å². The quantitative estimate of drug-likeness (QED) is 0.633. The molecule has 1 fully saturated rings. The zero-order chi connectivity index (χ0) is 13.1. The predicted octanol–water partition coefficient (Wildman–Crippen LogP) is 1.25. The molecule has 0 saturated carbocycles.